The minimum absolute atomic E-state index is 0.0164. The Morgan fingerprint density at radius 3 is 1.95 bits per heavy atom. The molecule has 0 aromatic heterocycles. The molecule has 0 fully saturated rings. The standard InChI is InChI=1S/C26H40N2O8P2S/c1-4-33-37(31,28-16-18-39)17-15-27-25(30)24(29)26(2,3)21-36-38(32,34-19-22-11-7-5-8-12-22)35-20-23-13-9-6-10-14-23/h5-14,24,29,39H,4,15-21H2,1-3H3,(H,27,30)(H,28,31)/t24-,37?/m0/s1. The summed E-state index contributed by atoms with van der Waals surface area (Å²) in [6, 6.07) is 18.3. The van der Waals surface area contributed by atoms with E-state index in [0.717, 1.165) is 11.1 Å². The van der Waals surface area contributed by atoms with E-state index in [1.807, 2.05) is 60.7 Å². The lowest BCUT2D eigenvalue weighted by molar-refractivity contribution is -0.136. The van der Waals surface area contributed by atoms with Gasteiger partial charge in [-0.1, -0.05) is 74.5 Å². The summed E-state index contributed by atoms with van der Waals surface area (Å²) >= 11 is 4.09. The van der Waals surface area contributed by atoms with Crippen molar-refractivity contribution >= 4 is 33.9 Å². The van der Waals surface area contributed by atoms with E-state index < -0.39 is 32.8 Å². The summed E-state index contributed by atoms with van der Waals surface area (Å²) in [5, 5.41) is 16.2. The maximum Gasteiger partial charge on any atom is 0.475 e. The Labute approximate surface area is 236 Å². The summed E-state index contributed by atoms with van der Waals surface area (Å²) in [4.78, 5) is 12.7. The molecule has 13 heteroatoms. The molecular formula is C26H40N2O8P2S. The van der Waals surface area contributed by atoms with E-state index in [-0.39, 0.29) is 39.1 Å². The number of phosphoric acid groups is 1. The topological polar surface area (TPSA) is 132 Å². The van der Waals surface area contributed by atoms with Crippen LogP contribution in [-0.4, -0.2) is 55.3 Å². The molecule has 1 unspecified atom stereocenters. The molecule has 2 rings (SSSR count). The molecule has 0 aliphatic heterocycles. The fourth-order valence-electron chi connectivity index (χ4n) is 3.29. The van der Waals surface area contributed by atoms with Crippen LogP contribution < -0.4 is 10.4 Å². The number of aliphatic hydroxyl groups excluding tert-OH is 1. The molecule has 39 heavy (non-hydrogen) atoms. The molecule has 0 saturated heterocycles. The van der Waals surface area contributed by atoms with Gasteiger partial charge in [0.05, 0.1) is 32.6 Å². The second-order valence-electron chi connectivity index (χ2n) is 9.37. The molecule has 2 atom stereocenters. The number of hydrogen-bond acceptors (Lipinski definition) is 9. The van der Waals surface area contributed by atoms with Crippen LogP contribution in [0.15, 0.2) is 60.7 Å². The lowest BCUT2D eigenvalue weighted by Gasteiger charge is -2.30. The van der Waals surface area contributed by atoms with Gasteiger partial charge < -0.3 is 14.9 Å². The van der Waals surface area contributed by atoms with Crippen LogP contribution in [0, 0.1) is 5.41 Å². The number of nitrogens with one attached hydrogen (secondary N) is 2. The zero-order valence-corrected chi connectivity index (χ0v) is 25.3. The van der Waals surface area contributed by atoms with Crippen LogP contribution >= 0.6 is 28.0 Å². The molecule has 1 amide bonds. The van der Waals surface area contributed by atoms with Gasteiger partial charge in [0.25, 0.3) is 7.52 Å². The molecule has 218 valence electrons. The molecule has 0 aliphatic rings. The van der Waals surface area contributed by atoms with Crippen LogP contribution in [0.2, 0.25) is 0 Å². The maximum atomic E-state index is 13.5. The number of phosphoric ester groups is 1. The third kappa shape index (κ3) is 12.3. The SMILES string of the molecule is CCOP(=O)(CCNC(=O)[C@H](O)C(C)(C)COP(=O)(OCc1ccccc1)OCc1ccccc1)NCCS. The van der Waals surface area contributed by atoms with Gasteiger partial charge >= 0.3 is 7.82 Å². The lowest BCUT2D eigenvalue weighted by atomic mass is 9.87. The summed E-state index contributed by atoms with van der Waals surface area (Å²) in [5.41, 5.74) is 0.382. The highest BCUT2D eigenvalue weighted by atomic mass is 32.1. The van der Waals surface area contributed by atoms with Crippen LogP contribution in [0.1, 0.15) is 31.9 Å². The minimum atomic E-state index is -4.09. The number of rotatable bonds is 19. The third-order valence-corrected chi connectivity index (χ3v) is 9.31. The Morgan fingerprint density at radius 1 is 0.923 bits per heavy atom. The molecule has 10 nitrogen and oxygen atoms in total. The Kier molecular flexibility index (Phi) is 14.4. The molecular weight excluding hydrogens is 562 g/mol. The van der Waals surface area contributed by atoms with Crippen molar-refractivity contribution in [3.8, 4) is 0 Å². The van der Waals surface area contributed by atoms with Crippen molar-refractivity contribution in [2.75, 3.05) is 38.2 Å². The molecule has 2 aromatic rings. The Morgan fingerprint density at radius 2 is 1.46 bits per heavy atom. The van der Waals surface area contributed by atoms with Gasteiger partial charge in [0.1, 0.15) is 6.10 Å². The van der Waals surface area contributed by atoms with Gasteiger partial charge in [0, 0.05) is 24.3 Å². The number of hydrogen-bond donors (Lipinski definition) is 4. The molecule has 0 radical (unpaired) electrons. The van der Waals surface area contributed by atoms with Crippen molar-refractivity contribution in [1.29, 1.82) is 0 Å². The first-order valence-corrected chi connectivity index (χ1v) is 16.6. The zero-order valence-electron chi connectivity index (χ0n) is 22.7. The molecule has 3 N–H and O–H groups in total. The van der Waals surface area contributed by atoms with Crippen LogP contribution in [0.25, 0.3) is 0 Å². The second kappa shape index (κ2) is 16.7. The largest absolute Gasteiger partial charge is 0.475 e. The van der Waals surface area contributed by atoms with Gasteiger partial charge in [0.2, 0.25) is 5.91 Å². The van der Waals surface area contributed by atoms with Gasteiger partial charge in [0.15, 0.2) is 0 Å². The van der Waals surface area contributed by atoms with Crippen LogP contribution in [0.3, 0.4) is 0 Å². The second-order valence-corrected chi connectivity index (χ2v) is 13.9. The van der Waals surface area contributed by atoms with Gasteiger partial charge in [-0.15, -0.1) is 0 Å². The van der Waals surface area contributed by atoms with Crippen LogP contribution in [-0.2, 0) is 45.2 Å². The number of aliphatic hydroxyl groups is 1. The van der Waals surface area contributed by atoms with E-state index in [2.05, 4.69) is 23.0 Å². The zero-order chi connectivity index (χ0) is 28.8. The van der Waals surface area contributed by atoms with Gasteiger partial charge in [-0.2, -0.15) is 12.6 Å². The fraction of sp³-hybridized carbons (Fsp3) is 0.500. The Balaban J connectivity index is 1.99. The average molecular weight is 603 g/mol. The van der Waals surface area contributed by atoms with E-state index >= 15 is 0 Å². The van der Waals surface area contributed by atoms with E-state index in [4.69, 9.17) is 18.1 Å². The first-order chi connectivity index (χ1) is 18.5. The maximum absolute atomic E-state index is 13.5. The fourth-order valence-corrected chi connectivity index (χ4v) is 6.56. The monoisotopic (exact) mass is 602 g/mol. The third-order valence-electron chi connectivity index (χ3n) is 5.56. The molecule has 0 aliphatic carbocycles. The molecule has 0 heterocycles. The number of amides is 1. The summed E-state index contributed by atoms with van der Waals surface area (Å²) in [7, 11) is -7.24. The smallest absolute Gasteiger partial charge is 0.383 e. The molecule has 0 bridgehead atoms. The molecule has 2 aromatic carbocycles. The van der Waals surface area contributed by atoms with Gasteiger partial charge in [-0.3, -0.25) is 22.9 Å². The normalized spacial score (nSPS) is 14.5. The number of carbonyl (C=O) groups excluding carboxylic acids is 1. The lowest BCUT2D eigenvalue weighted by Crippen LogP contribution is -2.46. The number of benzene rings is 2. The first kappa shape index (κ1) is 33.7. The number of carbonyl (C=O) groups is 1. The predicted molar refractivity (Wildman–Crippen MR) is 155 cm³/mol. The molecule has 0 saturated carbocycles. The van der Waals surface area contributed by atoms with Gasteiger partial charge in [-0.25, -0.2) is 9.65 Å². The quantitative estimate of drug-likeness (QED) is 0.132. The average Bonchev–Trinajstić information content (AvgIpc) is 2.94. The Bertz CT molecular complexity index is 1040. The molecule has 0 spiro atoms. The predicted octanol–water partition coefficient (Wildman–Crippen LogP) is 4.80. The van der Waals surface area contributed by atoms with Crippen molar-refractivity contribution in [2.24, 2.45) is 5.41 Å². The highest BCUT2D eigenvalue weighted by molar-refractivity contribution is 7.80. The number of thiol groups is 1. The van der Waals surface area contributed by atoms with Crippen molar-refractivity contribution in [1.82, 2.24) is 10.4 Å². The van der Waals surface area contributed by atoms with Crippen molar-refractivity contribution in [3.63, 3.8) is 0 Å². The van der Waals surface area contributed by atoms with Crippen molar-refractivity contribution in [3.05, 3.63) is 71.8 Å². The van der Waals surface area contributed by atoms with E-state index in [9.17, 15) is 19.0 Å². The summed E-state index contributed by atoms with van der Waals surface area (Å²) in [5.74, 6) is -0.212. The van der Waals surface area contributed by atoms with Crippen LogP contribution in [0.5, 0.6) is 0 Å². The highest BCUT2D eigenvalue weighted by Gasteiger charge is 2.38. The van der Waals surface area contributed by atoms with E-state index in [1.165, 1.54) is 0 Å². The van der Waals surface area contributed by atoms with Crippen molar-refractivity contribution < 1.29 is 37.1 Å². The highest BCUT2D eigenvalue weighted by Crippen LogP contribution is 2.52. The minimum Gasteiger partial charge on any atom is -0.383 e. The Hall–Kier alpha value is -1.52. The van der Waals surface area contributed by atoms with Gasteiger partial charge in [-0.05, 0) is 18.1 Å². The summed E-state index contributed by atoms with van der Waals surface area (Å²) < 4.78 is 48.5. The summed E-state index contributed by atoms with van der Waals surface area (Å²) in [6.07, 6.45) is -1.48. The van der Waals surface area contributed by atoms with E-state index in [1.54, 1.807) is 20.8 Å². The van der Waals surface area contributed by atoms with Crippen LogP contribution in [0.4, 0.5) is 0 Å². The summed E-state index contributed by atoms with van der Waals surface area (Å²) in [6.45, 7) is 5.23. The first-order valence-electron chi connectivity index (χ1n) is 12.7. The van der Waals surface area contributed by atoms with E-state index in [0.29, 0.717) is 12.3 Å². The van der Waals surface area contributed by atoms with Crippen molar-refractivity contribution in [2.45, 2.75) is 40.1 Å².